The van der Waals surface area contributed by atoms with Crippen LogP contribution < -0.4 is 4.90 Å². The Morgan fingerprint density at radius 1 is 1.50 bits per heavy atom. The van der Waals surface area contributed by atoms with Gasteiger partial charge in [0.2, 0.25) is 0 Å². The van der Waals surface area contributed by atoms with Gasteiger partial charge in [-0.05, 0) is 18.2 Å². The van der Waals surface area contributed by atoms with E-state index >= 15 is 0 Å². The Morgan fingerprint density at radius 3 is 2.86 bits per heavy atom. The summed E-state index contributed by atoms with van der Waals surface area (Å²) in [6, 6.07) is 4.55. The highest BCUT2D eigenvalue weighted by Gasteiger charge is 2.25. The molecule has 1 fully saturated rings. The van der Waals surface area contributed by atoms with Crippen LogP contribution in [-0.2, 0) is 4.74 Å². The molecular formula is C9H7BrFNO2. The smallest absolute Gasteiger partial charge is 0.414 e. The topological polar surface area (TPSA) is 29.5 Å². The van der Waals surface area contributed by atoms with Crippen LogP contribution in [0.25, 0.3) is 0 Å². The maximum absolute atomic E-state index is 13.4. The van der Waals surface area contributed by atoms with Crippen LogP contribution in [0.3, 0.4) is 0 Å². The molecule has 1 aliphatic heterocycles. The molecule has 0 spiro atoms. The van der Waals surface area contributed by atoms with Gasteiger partial charge in [0.05, 0.1) is 12.2 Å². The molecule has 1 heterocycles. The predicted octanol–water partition coefficient (Wildman–Crippen LogP) is 2.54. The van der Waals surface area contributed by atoms with E-state index in [4.69, 9.17) is 4.74 Å². The van der Waals surface area contributed by atoms with Gasteiger partial charge in [-0.2, -0.15) is 0 Å². The van der Waals surface area contributed by atoms with Gasteiger partial charge < -0.3 is 4.74 Å². The monoisotopic (exact) mass is 259 g/mol. The van der Waals surface area contributed by atoms with Crippen LogP contribution >= 0.6 is 15.9 Å². The van der Waals surface area contributed by atoms with Crippen molar-refractivity contribution in [3.05, 3.63) is 28.5 Å². The summed E-state index contributed by atoms with van der Waals surface area (Å²) in [5, 5.41) is 0. The fraction of sp³-hybridized carbons (Fsp3) is 0.222. The van der Waals surface area contributed by atoms with Crippen molar-refractivity contribution in [1.29, 1.82) is 0 Å². The number of benzene rings is 1. The van der Waals surface area contributed by atoms with Gasteiger partial charge in [-0.1, -0.05) is 15.9 Å². The number of amides is 1. The first-order valence-corrected chi connectivity index (χ1v) is 4.87. The van der Waals surface area contributed by atoms with Crippen molar-refractivity contribution in [1.82, 2.24) is 0 Å². The second-order valence-corrected chi connectivity index (χ2v) is 3.78. The molecule has 5 heteroatoms. The molecule has 0 unspecified atom stereocenters. The Morgan fingerprint density at radius 2 is 2.29 bits per heavy atom. The van der Waals surface area contributed by atoms with Gasteiger partial charge in [0.15, 0.2) is 0 Å². The molecule has 2 rings (SSSR count). The Hall–Kier alpha value is -1.10. The van der Waals surface area contributed by atoms with Crippen LogP contribution in [0.5, 0.6) is 0 Å². The SMILES string of the molecule is O=C1OCCN1c1ccc(Br)cc1F. The van der Waals surface area contributed by atoms with E-state index in [1.165, 1.54) is 11.0 Å². The van der Waals surface area contributed by atoms with E-state index in [0.717, 1.165) is 0 Å². The minimum absolute atomic E-state index is 0.260. The lowest BCUT2D eigenvalue weighted by Gasteiger charge is -2.13. The van der Waals surface area contributed by atoms with Crippen LogP contribution in [-0.4, -0.2) is 19.2 Å². The maximum Gasteiger partial charge on any atom is 0.414 e. The second-order valence-electron chi connectivity index (χ2n) is 2.86. The molecule has 14 heavy (non-hydrogen) atoms. The van der Waals surface area contributed by atoms with Crippen molar-refractivity contribution in [3.63, 3.8) is 0 Å². The van der Waals surface area contributed by atoms with Crippen molar-refractivity contribution in [2.75, 3.05) is 18.1 Å². The number of carbonyl (C=O) groups is 1. The third-order valence-corrected chi connectivity index (χ3v) is 2.45. The summed E-state index contributed by atoms with van der Waals surface area (Å²) in [4.78, 5) is 12.4. The van der Waals surface area contributed by atoms with E-state index in [1.807, 2.05) is 0 Å². The van der Waals surface area contributed by atoms with E-state index in [9.17, 15) is 9.18 Å². The highest BCUT2D eigenvalue weighted by atomic mass is 79.9. The number of carbonyl (C=O) groups excluding carboxylic acids is 1. The van der Waals surface area contributed by atoms with Gasteiger partial charge in [-0.25, -0.2) is 9.18 Å². The molecule has 0 aliphatic carbocycles. The number of halogens is 2. The molecule has 1 aliphatic rings. The molecule has 1 saturated heterocycles. The molecule has 74 valence electrons. The normalized spacial score (nSPS) is 15.9. The number of nitrogens with zero attached hydrogens (tertiary/aromatic N) is 1. The van der Waals surface area contributed by atoms with Crippen LogP contribution in [0, 0.1) is 5.82 Å². The first-order chi connectivity index (χ1) is 6.68. The quantitative estimate of drug-likeness (QED) is 0.776. The van der Waals surface area contributed by atoms with Crippen LogP contribution in [0.1, 0.15) is 0 Å². The lowest BCUT2D eigenvalue weighted by Crippen LogP contribution is -2.24. The zero-order valence-electron chi connectivity index (χ0n) is 7.17. The van der Waals surface area contributed by atoms with Crippen molar-refractivity contribution in [2.45, 2.75) is 0 Å². The summed E-state index contributed by atoms with van der Waals surface area (Å²) in [7, 11) is 0. The number of cyclic esters (lactones) is 1. The van der Waals surface area contributed by atoms with Crippen LogP contribution in [0.4, 0.5) is 14.9 Å². The maximum atomic E-state index is 13.4. The minimum Gasteiger partial charge on any atom is -0.447 e. The highest BCUT2D eigenvalue weighted by molar-refractivity contribution is 9.10. The van der Waals surface area contributed by atoms with Crippen molar-refractivity contribution < 1.29 is 13.9 Å². The second kappa shape index (κ2) is 3.57. The fourth-order valence-corrected chi connectivity index (χ4v) is 1.65. The van der Waals surface area contributed by atoms with Crippen LogP contribution in [0.15, 0.2) is 22.7 Å². The van der Waals surface area contributed by atoms with E-state index in [0.29, 0.717) is 17.6 Å². The lowest BCUT2D eigenvalue weighted by atomic mass is 10.3. The molecule has 0 N–H and O–H groups in total. The Balaban J connectivity index is 2.36. The van der Waals surface area contributed by atoms with Gasteiger partial charge in [0.25, 0.3) is 0 Å². The van der Waals surface area contributed by atoms with Gasteiger partial charge in [-0.15, -0.1) is 0 Å². The van der Waals surface area contributed by atoms with E-state index < -0.39 is 11.9 Å². The molecular weight excluding hydrogens is 253 g/mol. The summed E-state index contributed by atoms with van der Waals surface area (Å²) < 4.78 is 18.8. The summed E-state index contributed by atoms with van der Waals surface area (Å²) in [5.41, 5.74) is 0.260. The standard InChI is InChI=1S/C9H7BrFNO2/c10-6-1-2-8(7(11)5-6)12-3-4-14-9(12)13/h1-2,5H,3-4H2. The van der Waals surface area contributed by atoms with Crippen molar-refractivity contribution >= 4 is 27.7 Å². The Labute approximate surface area is 88.6 Å². The molecule has 0 saturated carbocycles. The van der Waals surface area contributed by atoms with Crippen molar-refractivity contribution in [3.8, 4) is 0 Å². The molecule has 1 aromatic carbocycles. The number of rotatable bonds is 1. The van der Waals surface area contributed by atoms with E-state index in [2.05, 4.69) is 15.9 Å². The molecule has 1 aromatic rings. The average Bonchev–Trinajstić information content (AvgIpc) is 2.52. The first-order valence-electron chi connectivity index (χ1n) is 4.08. The fourth-order valence-electron chi connectivity index (χ4n) is 1.31. The molecule has 0 radical (unpaired) electrons. The zero-order chi connectivity index (χ0) is 10.1. The zero-order valence-corrected chi connectivity index (χ0v) is 8.75. The van der Waals surface area contributed by atoms with Gasteiger partial charge >= 0.3 is 6.09 Å². The van der Waals surface area contributed by atoms with E-state index in [1.54, 1.807) is 12.1 Å². The molecule has 1 amide bonds. The van der Waals surface area contributed by atoms with Gasteiger partial charge in [0, 0.05) is 4.47 Å². The lowest BCUT2D eigenvalue weighted by molar-refractivity contribution is 0.181. The third kappa shape index (κ3) is 1.59. The predicted molar refractivity (Wildman–Crippen MR) is 52.8 cm³/mol. The number of hydrogen-bond donors (Lipinski definition) is 0. The molecule has 0 atom stereocenters. The van der Waals surface area contributed by atoms with Gasteiger partial charge in [-0.3, -0.25) is 4.90 Å². The number of ether oxygens (including phenoxy) is 1. The summed E-state index contributed by atoms with van der Waals surface area (Å²) in [6.45, 7) is 0.714. The summed E-state index contributed by atoms with van der Waals surface area (Å²) >= 11 is 3.15. The Kier molecular flexibility index (Phi) is 2.41. The summed E-state index contributed by atoms with van der Waals surface area (Å²) in [6.07, 6.45) is -0.494. The van der Waals surface area contributed by atoms with Crippen molar-refractivity contribution in [2.24, 2.45) is 0 Å². The molecule has 0 aromatic heterocycles. The average molecular weight is 260 g/mol. The third-order valence-electron chi connectivity index (χ3n) is 1.96. The largest absolute Gasteiger partial charge is 0.447 e. The number of hydrogen-bond acceptors (Lipinski definition) is 2. The van der Waals surface area contributed by atoms with E-state index in [-0.39, 0.29) is 5.69 Å². The molecule has 0 bridgehead atoms. The van der Waals surface area contributed by atoms with Crippen LogP contribution in [0.2, 0.25) is 0 Å². The highest BCUT2D eigenvalue weighted by Crippen LogP contribution is 2.25. The summed E-state index contributed by atoms with van der Waals surface area (Å²) in [5.74, 6) is -0.432. The number of anilines is 1. The minimum atomic E-state index is -0.494. The molecule has 3 nitrogen and oxygen atoms in total. The Bertz CT molecular complexity index is 383. The van der Waals surface area contributed by atoms with Gasteiger partial charge in [0.1, 0.15) is 12.4 Å². The first kappa shape index (κ1) is 9.45.